The van der Waals surface area contributed by atoms with Crippen molar-refractivity contribution in [2.75, 3.05) is 0 Å². The first-order chi connectivity index (χ1) is 15.8. The first kappa shape index (κ1) is 21.2. The van der Waals surface area contributed by atoms with Gasteiger partial charge in [-0.15, -0.1) is 0 Å². The standard InChI is InChI=1S/C29H26OSeSi/c1-2-32(25-17-8-4-9-18-25,26-19-10-5-11-20-26)30-28-22-23-14-12-13-21-27(23)29(28)31-24-15-6-3-7-16-24/h2-21,28-29H,1,22H2/t28-,29-/m0/s1. The zero-order valence-corrected chi connectivity index (χ0v) is 20.6. The molecule has 158 valence electrons. The van der Waals surface area contributed by atoms with Crippen LogP contribution in [0.4, 0.5) is 0 Å². The van der Waals surface area contributed by atoms with Gasteiger partial charge in [-0.2, -0.15) is 0 Å². The van der Waals surface area contributed by atoms with Crippen LogP contribution < -0.4 is 14.8 Å². The minimum atomic E-state index is -2.61. The first-order valence-electron chi connectivity index (χ1n) is 11.0. The Balaban J connectivity index is 1.57. The summed E-state index contributed by atoms with van der Waals surface area (Å²) in [5.74, 6) is 0. The Hall–Kier alpha value is -2.68. The van der Waals surface area contributed by atoms with Crippen LogP contribution >= 0.6 is 0 Å². The molecule has 1 nitrogen and oxygen atoms in total. The van der Waals surface area contributed by atoms with Crippen molar-refractivity contribution in [3.8, 4) is 0 Å². The van der Waals surface area contributed by atoms with Crippen molar-refractivity contribution >= 4 is 38.1 Å². The first-order valence-corrected chi connectivity index (χ1v) is 14.9. The summed E-state index contributed by atoms with van der Waals surface area (Å²) in [5, 5.41) is 2.51. The summed E-state index contributed by atoms with van der Waals surface area (Å²) in [4.78, 5) is 0.389. The topological polar surface area (TPSA) is 9.23 Å². The predicted octanol–water partition coefficient (Wildman–Crippen LogP) is 4.18. The summed E-state index contributed by atoms with van der Waals surface area (Å²) >= 11 is 0.285. The molecule has 0 amide bonds. The second-order valence-electron chi connectivity index (χ2n) is 8.08. The van der Waals surface area contributed by atoms with Gasteiger partial charge in [0.05, 0.1) is 0 Å². The molecule has 2 atom stereocenters. The van der Waals surface area contributed by atoms with Gasteiger partial charge in [0.1, 0.15) is 0 Å². The molecule has 4 aromatic carbocycles. The predicted molar refractivity (Wildman–Crippen MR) is 138 cm³/mol. The number of rotatable bonds is 7. The molecule has 32 heavy (non-hydrogen) atoms. The summed E-state index contributed by atoms with van der Waals surface area (Å²) in [5.41, 5.74) is 5.00. The van der Waals surface area contributed by atoms with Gasteiger partial charge in [0.2, 0.25) is 0 Å². The van der Waals surface area contributed by atoms with Gasteiger partial charge in [-0.05, 0) is 0 Å². The van der Waals surface area contributed by atoms with E-state index in [1.54, 1.807) is 0 Å². The van der Waals surface area contributed by atoms with Crippen LogP contribution in [-0.4, -0.2) is 29.4 Å². The van der Waals surface area contributed by atoms with Gasteiger partial charge in [0.15, 0.2) is 0 Å². The van der Waals surface area contributed by atoms with Gasteiger partial charge in [-0.25, -0.2) is 0 Å². The molecule has 0 spiro atoms. The van der Waals surface area contributed by atoms with Crippen molar-refractivity contribution in [3.63, 3.8) is 0 Å². The van der Waals surface area contributed by atoms with Crippen molar-refractivity contribution in [3.05, 3.63) is 139 Å². The van der Waals surface area contributed by atoms with E-state index in [2.05, 4.69) is 128 Å². The quantitative estimate of drug-likeness (QED) is 0.348. The Morgan fingerprint density at radius 2 is 1.25 bits per heavy atom. The van der Waals surface area contributed by atoms with Gasteiger partial charge < -0.3 is 0 Å². The molecule has 0 N–H and O–H groups in total. The van der Waals surface area contributed by atoms with Crippen molar-refractivity contribution in [2.24, 2.45) is 0 Å². The van der Waals surface area contributed by atoms with E-state index < -0.39 is 8.32 Å². The summed E-state index contributed by atoms with van der Waals surface area (Å²) < 4.78 is 8.74. The Kier molecular flexibility index (Phi) is 6.25. The third-order valence-electron chi connectivity index (χ3n) is 6.16. The number of hydrogen-bond donors (Lipinski definition) is 0. The van der Waals surface area contributed by atoms with Crippen LogP contribution in [0.5, 0.6) is 0 Å². The average molecular weight is 498 g/mol. The van der Waals surface area contributed by atoms with E-state index in [9.17, 15) is 0 Å². The van der Waals surface area contributed by atoms with Crippen molar-refractivity contribution in [1.29, 1.82) is 0 Å². The summed E-state index contributed by atoms with van der Waals surface area (Å²) in [7, 11) is -2.61. The Morgan fingerprint density at radius 1 is 0.719 bits per heavy atom. The Morgan fingerprint density at radius 3 is 1.84 bits per heavy atom. The third-order valence-corrected chi connectivity index (χ3v) is 12.6. The molecule has 0 fully saturated rings. The Bertz CT molecular complexity index is 1140. The molecule has 0 radical (unpaired) electrons. The molecule has 1 aliphatic carbocycles. The van der Waals surface area contributed by atoms with Crippen molar-refractivity contribution in [2.45, 2.75) is 17.3 Å². The normalized spacial score (nSPS) is 17.6. The minimum absolute atomic E-state index is 0.137. The van der Waals surface area contributed by atoms with Crippen LogP contribution in [-0.2, 0) is 10.8 Å². The summed E-state index contributed by atoms with van der Waals surface area (Å²) in [6, 6.07) is 41.2. The molecule has 4 aromatic rings. The van der Waals surface area contributed by atoms with E-state index in [1.807, 2.05) is 0 Å². The maximum absolute atomic E-state index is 7.32. The number of hydrogen-bond acceptors (Lipinski definition) is 1. The van der Waals surface area contributed by atoms with Crippen LogP contribution in [0.2, 0.25) is 0 Å². The molecule has 0 heterocycles. The fraction of sp³-hybridized carbons (Fsp3) is 0.103. The molecular weight excluding hydrogens is 471 g/mol. The second kappa shape index (κ2) is 9.44. The van der Waals surface area contributed by atoms with Gasteiger partial charge in [-0.3, -0.25) is 0 Å². The third kappa shape index (κ3) is 4.05. The zero-order valence-electron chi connectivity index (χ0n) is 17.9. The van der Waals surface area contributed by atoms with E-state index in [-0.39, 0.29) is 21.1 Å². The van der Waals surface area contributed by atoms with E-state index >= 15 is 0 Å². The maximum atomic E-state index is 7.32. The molecule has 0 aromatic heterocycles. The van der Waals surface area contributed by atoms with E-state index in [4.69, 9.17) is 4.43 Å². The molecule has 0 aliphatic heterocycles. The van der Waals surface area contributed by atoms with Gasteiger partial charge in [0.25, 0.3) is 0 Å². The monoisotopic (exact) mass is 498 g/mol. The summed E-state index contributed by atoms with van der Waals surface area (Å²) in [6.45, 7) is 4.33. The number of fused-ring (bicyclic) bond motifs is 1. The van der Waals surface area contributed by atoms with Crippen LogP contribution in [0.25, 0.3) is 0 Å². The fourth-order valence-electron chi connectivity index (χ4n) is 4.61. The van der Waals surface area contributed by atoms with E-state index in [1.165, 1.54) is 26.0 Å². The molecule has 0 saturated carbocycles. The fourth-order valence-corrected chi connectivity index (χ4v) is 10.7. The van der Waals surface area contributed by atoms with Crippen molar-refractivity contribution < 1.29 is 4.43 Å². The van der Waals surface area contributed by atoms with Gasteiger partial charge in [-0.1, -0.05) is 0 Å². The van der Waals surface area contributed by atoms with Crippen molar-refractivity contribution in [1.82, 2.24) is 0 Å². The Labute approximate surface area is 198 Å². The van der Waals surface area contributed by atoms with Crippen LogP contribution in [0.15, 0.2) is 128 Å². The molecule has 1 aliphatic rings. The number of benzene rings is 4. The second-order valence-corrected chi connectivity index (χ2v) is 13.9. The van der Waals surface area contributed by atoms with Crippen LogP contribution in [0.3, 0.4) is 0 Å². The summed E-state index contributed by atoms with van der Waals surface area (Å²) in [6.07, 6.45) is 1.09. The van der Waals surface area contributed by atoms with Crippen LogP contribution in [0.1, 0.15) is 15.9 Å². The van der Waals surface area contributed by atoms with E-state index in [0.717, 1.165) is 6.42 Å². The molecule has 0 bridgehead atoms. The zero-order chi connectivity index (χ0) is 21.8. The average Bonchev–Trinajstić information content (AvgIpc) is 3.21. The van der Waals surface area contributed by atoms with Gasteiger partial charge in [0, 0.05) is 0 Å². The molecule has 5 rings (SSSR count). The van der Waals surface area contributed by atoms with Gasteiger partial charge >= 0.3 is 199 Å². The molecule has 0 unspecified atom stereocenters. The molecule has 0 saturated heterocycles. The van der Waals surface area contributed by atoms with E-state index in [0.29, 0.717) is 4.82 Å². The van der Waals surface area contributed by atoms with Crippen LogP contribution in [0, 0.1) is 0 Å². The molecular formula is C29H26OSeSi. The SMILES string of the molecule is C=C[Si](O[C@H]1Cc2ccccc2[C@@H]1[Se]c1ccccc1)(c1ccccc1)c1ccccc1. The molecule has 3 heteroatoms.